The number of rotatable bonds is 7. The van der Waals surface area contributed by atoms with Crippen molar-refractivity contribution in [2.45, 2.75) is 43.1 Å². The second kappa shape index (κ2) is 9.25. The van der Waals surface area contributed by atoms with E-state index in [2.05, 4.69) is 57.0 Å². The minimum Gasteiger partial charge on any atom is -1.00 e. The Morgan fingerprint density at radius 3 is 2.31 bits per heavy atom. The van der Waals surface area contributed by atoms with Crippen molar-refractivity contribution in [1.29, 1.82) is 0 Å². The summed E-state index contributed by atoms with van der Waals surface area (Å²) in [5, 5.41) is 2.71. The smallest absolute Gasteiger partial charge is 1.00 e. The molecule has 0 bridgehead atoms. The number of carbonyl (C=O) groups excluding carboxylic acids is 1. The van der Waals surface area contributed by atoms with Crippen molar-refractivity contribution in [2.24, 2.45) is 0 Å². The Bertz CT molecular complexity index is 930. The molecule has 1 aliphatic heterocycles. The number of ketones is 1. The summed E-state index contributed by atoms with van der Waals surface area (Å²) in [5.41, 5.74) is 5.51. The molecule has 0 N–H and O–H groups in total. The maximum absolute atomic E-state index is 12.3. The molecule has 0 saturated carbocycles. The monoisotopic (exact) mass is 514 g/mol. The van der Waals surface area contributed by atoms with Crippen molar-refractivity contribution < 1.29 is 53.2 Å². The molecular formula is C21H28Cl2O2Si3Ti. The fraction of sp³-hybridized carbons (Fsp3) is 0.381. The van der Waals surface area contributed by atoms with E-state index in [9.17, 15) is 4.79 Å². The first-order valence-corrected chi connectivity index (χ1v) is 20.0. The van der Waals surface area contributed by atoms with E-state index in [1.54, 1.807) is 3.88 Å². The first kappa shape index (κ1) is 25.3. The Morgan fingerprint density at radius 1 is 1.00 bits per heavy atom. The van der Waals surface area contributed by atoms with Gasteiger partial charge >= 0.3 is 177 Å². The van der Waals surface area contributed by atoms with Gasteiger partial charge in [0.2, 0.25) is 0 Å². The van der Waals surface area contributed by atoms with E-state index in [1.165, 1.54) is 43.1 Å². The van der Waals surface area contributed by atoms with Crippen molar-refractivity contribution in [3.05, 3.63) is 57.4 Å². The SMILES string of the molecule is C[Si](C)(CCO[Si](C)(C)C)[CH2][Ti+2][C]1=C2C(=CC(=O)C3=C2[SiH2]3)c2ccccc21.[Cl-].[Cl-]. The average Bonchev–Trinajstić information content (AvgIpc) is 3.31. The molecule has 4 rings (SSSR count). The quantitative estimate of drug-likeness (QED) is 0.409. The maximum atomic E-state index is 12.3. The van der Waals surface area contributed by atoms with E-state index in [4.69, 9.17) is 4.43 Å². The average molecular weight is 515 g/mol. The number of halogens is 2. The predicted molar refractivity (Wildman–Crippen MR) is 118 cm³/mol. The zero-order chi connectivity index (χ0) is 19.4. The first-order valence-electron chi connectivity index (χ1n) is 9.87. The van der Waals surface area contributed by atoms with Crippen LogP contribution in [0.2, 0.25) is 43.1 Å². The molecule has 0 aromatic heterocycles. The number of benzene rings is 1. The van der Waals surface area contributed by atoms with Gasteiger partial charge in [-0.25, -0.2) is 0 Å². The van der Waals surface area contributed by atoms with E-state index in [0.717, 1.165) is 6.61 Å². The Hall–Kier alpha value is 0.0149. The summed E-state index contributed by atoms with van der Waals surface area (Å²) < 4.78 is 9.21. The predicted octanol–water partition coefficient (Wildman–Crippen LogP) is -1.62. The van der Waals surface area contributed by atoms with Gasteiger partial charge in [0.25, 0.3) is 0 Å². The van der Waals surface area contributed by atoms with E-state index in [0.29, 0.717) is 5.78 Å². The minimum atomic E-state index is -1.40. The van der Waals surface area contributed by atoms with Gasteiger partial charge in [-0.2, -0.15) is 0 Å². The van der Waals surface area contributed by atoms with Gasteiger partial charge < -0.3 is 24.8 Å². The fourth-order valence-electron chi connectivity index (χ4n) is 3.86. The normalized spacial score (nSPS) is 17.7. The van der Waals surface area contributed by atoms with Crippen LogP contribution in [0.1, 0.15) is 11.1 Å². The van der Waals surface area contributed by atoms with E-state index in [-0.39, 0.29) is 53.5 Å². The molecule has 0 spiro atoms. The molecular weight excluding hydrogens is 487 g/mol. The zero-order valence-corrected chi connectivity index (χ0v) is 24.3. The number of allylic oxidation sites excluding steroid dienone is 5. The minimum absolute atomic E-state index is 0. The molecule has 154 valence electrons. The van der Waals surface area contributed by atoms with Gasteiger partial charge in [0, 0.05) is 0 Å². The van der Waals surface area contributed by atoms with Crippen LogP contribution in [0.4, 0.5) is 0 Å². The molecule has 1 heterocycles. The van der Waals surface area contributed by atoms with Crippen LogP contribution in [0.5, 0.6) is 0 Å². The van der Waals surface area contributed by atoms with E-state index >= 15 is 0 Å². The molecule has 8 heteroatoms. The standard InChI is InChI=1S/C13H7OSi.C8H21OSi2.2ClH.Ti/c14-11-6-9-8-4-2-1-3-7(8)5-10(9)12-13(11)15-12;1-10(2,3)8-7-9-11(4,5)6;;;/h1-4,6H,15H2;1,7-8H2,2-6H3;2*1H;/q;;;;+2/p-2. The van der Waals surface area contributed by atoms with Crippen LogP contribution in [0.3, 0.4) is 0 Å². The van der Waals surface area contributed by atoms with Crippen LogP contribution < -0.4 is 24.8 Å². The summed E-state index contributed by atoms with van der Waals surface area (Å²) in [7, 11) is -3.02. The maximum Gasteiger partial charge on any atom is -1.00 e. The number of fused-ring (bicyclic) bond motifs is 4. The van der Waals surface area contributed by atoms with Crippen LogP contribution >= 0.6 is 0 Å². The summed E-state index contributed by atoms with van der Waals surface area (Å²) in [5.74, 6) is 0.310. The van der Waals surface area contributed by atoms with Gasteiger partial charge in [-0.3, -0.25) is 0 Å². The van der Waals surface area contributed by atoms with E-state index in [1.807, 2.05) is 6.08 Å². The Morgan fingerprint density at radius 2 is 1.66 bits per heavy atom. The number of carbonyl (C=O) groups is 1. The van der Waals surface area contributed by atoms with Crippen molar-refractivity contribution in [3.8, 4) is 0 Å². The van der Waals surface area contributed by atoms with Crippen molar-refractivity contribution in [2.75, 3.05) is 6.61 Å². The summed E-state index contributed by atoms with van der Waals surface area (Å²) in [6.07, 6.45) is 1.94. The van der Waals surface area contributed by atoms with Crippen molar-refractivity contribution in [1.82, 2.24) is 0 Å². The molecule has 3 aliphatic rings. The molecule has 2 nitrogen and oxygen atoms in total. The molecule has 1 aromatic carbocycles. The molecule has 0 radical (unpaired) electrons. The molecule has 1 aromatic rings. The summed E-state index contributed by atoms with van der Waals surface area (Å²) in [4.78, 5) is 12.3. The van der Waals surface area contributed by atoms with Gasteiger partial charge in [-0.05, 0) is 0 Å². The number of hydrogen-bond donors (Lipinski definition) is 0. The van der Waals surface area contributed by atoms with Crippen molar-refractivity contribution >= 4 is 41.1 Å². The second-order valence-electron chi connectivity index (χ2n) is 9.58. The molecule has 2 aliphatic carbocycles. The topological polar surface area (TPSA) is 26.3 Å². The van der Waals surface area contributed by atoms with E-state index < -0.39 is 16.4 Å². The van der Waals surface area contributed by atoms with Crippen LogP contribution in [0.25, 0.3) is 9.45 Å². The van der Waals surface area contributed by atoms with Gasteiger partial charge in [-0.1, -0.05) is 0 Å². The van der Waals surface area contributed by atoms with Gasteiger partial charge in [-0.15, -0.1) is 0 Å². The Balaban J connectivity index is 0.00000150. The summed E-state index contributed by atoms with van der Waals surface area (Å²) in [6.45, 7) is 12.9. The summed E-state index contributed by atoms with van der Waals surface area (Å²) in [6, 6.07) is 10.1. The third kappa shape index (κ3) is 5.44. The van der Waals surface area contributed by atoms with Crippen molar-refractivity contribution in [3.63, 3.8) is 0 Å². The molecule has 0 amide bonds. The molecule has 0 atom stereocenters. The van der Waals surface area contributed by atoms with Gasteiger partial charge in [0.1, 0.15) is 0 Å². The van der Waals surface area contributed by atoms with Gasteiger partial charge in [0.15, 0.2) is 0 Å². The van der Waals surface area contributed by atoms with Crippen LogP contribution in [-0.2, 0) is 28.4 Å². The first-order chi connectivity index (χ1) is 12.7. The zero-order valence-electron chi connectivity index (χ0n) is 17.8. The Labute approximate surface area is 200 Å². The second-order valence-corrected chi connectivity index (χ2v) is 24.0. The molecule has 0 fully saturated rings. The fourth-order valence-corrected chi connectivity index (χ4v) is 13.2. The number of hydrogen-bond acceptors (Lipinski definition) is 2. The van der Waals surface area contributed by atoms with Crippen LogP contribution in [0, 0.1) is 0 Å². The summed E-state index contributed by atoms with van der Waals surface area (Å²) >= 11 is -0.193. The Kier molecular flexibility index (Phi) is 8.06. The molecule has 0 unspecified atom stereocenters. The third-order valence-corrected chi connectivity index (χ3v) is 17.7. The largest absolute Gasteiger partial charge is 1.00 e. The molecule has 29 heavy (non-hydrogen) atoms. The molecule has 0 saturated heterocycles. The van der Waals surface area contributed by atoms with Crippen LogP contribution in [0.15, 0.2) is 46.3 Å². The van der Waals surface area contributed by atoms with Gasteiger partial charge in [0.05, 0.1) is 0 Å². The third-order valence-electron chi connectivity index (χ3n) is 5.53. The van der Waals surface area contributed by atoms with Crippen LogP contribution in [-0.4, -0.2) is 38.3 Å².